The van der Waals surface area contributed by atoms with E-state index < -0.39 is 8.07 Å². The van der Waals surface area contributed by atoms with Gasteiger partial charge in [-0.05, 0) is 67.0 Å². The molecule has 0 aliphatic carbocycles. The maximum Gasteiger partial charge on any atom is 0.123 e. The molecule has 158 valence electrons. The molecule has 0 amide bonds. The van der Waals surface area contributed by atoms with Crippen molar-refractivity contribution < 1.29 is 4.39 Å². The molecule has 3 nitrogen and oxygen atoms in total. The highest BCUT2D eigenvalue weighted by atomic mass is 28.3. The quantitative estimate of drug-likeness (QED) is 0.449. The van der Waals surface area contributed by atoms with Gasteiger partial charge in [-0.2, -0.15) is 5.10 Å². The molecule has 2 heterocycles. The van der Waals surface area contributed by atoms with Crippen LogP contribution in [0.1, 0.15) is 31.0 Å². The standard InChI is InChI=1S/C25H32FN3Si/c1-19(2)20-5-7-21(8-6-20)25-17-23(18-28-13-15-30(3,4)16-14-28)27-29(25)24-11-9-22(26)10-12-24/h5-12,17,19H,13-16,18H2,1-4H3. The van der Waals surface area contributed by atoms with Crippen molar-refractivity contribution in [2.45, 2.75) is 51.5 Å². The van der Waals surface area contributed by atoms with E-state index in [1.165, 1.54) is 42.9 Å². The molecule has 0 bridgehead atoms. The Morgan fingerprint density at radius 2 is 1.60 bits per heavy atom. The molecular weight excluding hydrogens is 389 g/mol. The summed E-state index contributed by atoms with van der Waals surface area (Å²) in [7, 11) is -0.983. The van der Waals surface area contributed by atoms with E-state index in [1.54, 1.807) is 12.1 Å². The number of rotatable bonds is 5. The Bertz CT molecular complexity index is 980. The average Bonchev–Trinajstić information content (AvgIpc) is 3.14. The van der Waals surface area contributed by atoms with Crippen LogP contribution in [-0.4, -0.2) is 35.8 Å². The zero-order chi connectivity index (χ0) is 21.3. The van der Waals surface area contributed by atoms with Gasteiger partial charge in [0, 0.05) is 20.2 Å². The second-order valence-electron chi connectivity index (χ2n) is 9.63. The number of hydrogen-bond acceptors (Lipinski definition) is 2. The fourth-order valence-electron chi connectivity index (χ4n) is 4.08. The van der Waals surface area contributed by atoms with Gasteiger partial charge in [-0.15, -0.1) is 0 Å². The molecule has 2 aromatic carbocycles. The van der Waals surface area contributed by atoms with E-state index in [2.05, 4.69) is 62.2 Å². The van der Waals surface area contributed by atoms with Gasteiger partial charge in [0.05, 0.1) is 17.1 Å². The van der Waals surface area contributed by atoms with Crippen LogP contribution in [0.3, 0.4) is 0 Å². The first kappa shape index (κ1) is 21.0. The first-order valence-corrected chi connectivity index (χ1v) is 14.4. The predicted octanol–water partition coefficient (Wildman–Crippen LogP) is 6.33. The van der Waals surface area contributed by atoms with Crippen LogP contribution in [0.4, 0.5) is 4.39 Å². The number of halogens is 1. The minimum absolute atomic E-state index is 0.228. The van der Waals surface area contributed by atoms with Gasteiger partial charge in [-0.25, -0.2) is 9.07 Å². The third kappa shape index (κ3) is 4.73. The molecule has 4 rings (SSSR count). The smallest absolute Gasteiger partial charge is 0.123 e. The Hall–Kier alpha value is -2.24. The molecule has 30 heavy (non-hydrogen) atoms. The molecule has 1 aliphatic heterocycles. The number of hydrogen-bond donors (Lipinski definition) is 0. The van der Waals surface area contributed by atoms with Gasteiger partial charge in [0.1, 0.15) is 5.82 Å². The summed E-state index contributed by atoms with van der Waals surface area (Å²) >= 11 is 0. The van der Waals surface area contributed by atoms with Crippen LogP contribution in [0.5, 0.6) is 0 Å². The van der Waals surface area contributed by atoms with Crippen molar-refractivity contribution in [1.82, 2.24) is 14.7 Å². The first-order chi connectivity index (χ1) is 14.3. The summed E-state index contributed by atoms with van der Waals surface area (Å²) in [5.41, 5.74) is 5.47. The monoisotopic (exact) mass is 421 g/mol. The lowest BCUT2D eigenvalue weighted by atomic mass is 10.0. The van der Waals surface area contributed by atoms with Crippen LogP contribution in [0.2, 0.25) is 25.2 Å². The second-order valence-corrected chi connectivity index (χ2v) is 15.0. The van der Waals surface area contributed by atoms with Crippen molar-refractivity contribution in [2.24, 2.45) is 0 Å². The molecule has 0 N–H and O–H groups in total. The largest absolute Gasteiger partial charge is 0.298 e. The zero-order valence-corrected chi connectivity index (χ0v) is 19.5. The van der Waals surface area contributed by atoms with E-state index in [-0.39, 0.29) is 5.82 Å². The SMILES string of the molecule is CC(C)c1ccc(-c2cc(CN3CC[Si](C)(C)CC3)nn2-c2ccc(F)cc2)cc1. The van der Waals surface area contributed by atoms with E-state index in [4.69, 9.17) is 5.10 Å². The molecule has 0 saturated carbocycles. The van der Waals surface area contributed by atoms with Gasteiger partial charge in [0.25, 0.3) is 0 Å². The highest BCUT2D eigenvalue weighted by Gasteiger charge is 2.27. The van der Waals surface area contributed by atoms with Crippen LogP contribution < -0.4 is 0 Å². The Morgan fingerprint density at radius 1 is 0.967 bits per heavy atom. The molecule has 1 aliphatic rings. The number of aromatic nitrogens is 2. The average molecular weight is 422 g/mol. The molecule has 0 spiro atoms. The molecule has 5 heteroatoms. The Balaban J connectivity index is 1.66. The molecular formula is C25H32FN3Si. The topological polar surface area (TPSA) is 21.1 Å². The van der Waals surface area contributed by atoms with Gasteiger partial charge in [-0.3, -0.25) is 4.90 Å². The van der Waals surface area contributed by atoms with Gasteiger partial charge in [0.15, 0.2) is 0 Å². The van der Waals surface area contributed by atoms with Gasteiger partial charge in [-0.1, -0.05) is 51.2 Å². The van der Waals surface area contributed by atoms with Crippen LogP contribution >= 0.6 is 0 Å². The van der Waals surface area contributed by atoms with Crippen LogP contribution in [0, 0.1) is 5.82 Å². The Kier molecular flexibility index (Phi) is 5.94. The maximum atomic E-state index is 13.5. The normalized spacial score (nSPS) is 16.9. The van der Waals surface area contributed by atoms with Crippen molar-refractivity contribution in [3.63, 3.8) is 0 Å². The second kappa shape index (κ2) is 8.48. The lowest BCUT2D eigenvalue weighted by Crippen LogP contribution is -2.42. The fourth-order valence-corrected chi connectivity index (χ4v) is 6.17. The summed E-state index contributed by atoms with van der Waals surface area (Å²) in [6.45, 7) is 12.6. The minimum atomic E-state index is -0.983. The van der Waals surface area contributed by atoms with Crippen molar-refractivity contribution in [3.05, 3.63) is 71.7 Å². The molecule has 1 fully saturated rings. The highest BCUT2D eigenvalue weighted by Crippen LogP contribution is 2.28. The van der Waals surface area contributed by atoms with Crippen LogP contribution in [-0.2, 0) is 6.54 Å². The summed E-state index contributed by atoms with van der Waals surface area (Å²) in [6.07, 6.45) is 0. The highest BCUT2D eigenvalue weighted by molar-refractivity contribution is 6.77. The molecule has 0 radical (unpaired) electrons. The van der Waals surface area contributed by atoms with Crippen molar-refractivity contribution in [1.29, 1.82) is 0 Å². The summed E-state index contributed by atoms with van der Waals surface area (Å²) < 4.78 is 15.4. The Labute approximate surface area is 180 Å². The lowest BCUT2D eigenvalue weighted by Gasteiger charge is -2.35. The summed E-state index contributed by atoms with van der Waals surface area (Å²) in [4.78, 5) is 2.53. The van der Waals surface area contributed by atoms with E-state index >= 15 is 0 Å². The van der Waals surface area contributed by atoms with Crippen molar-refractivity contribution in [3.8, 4) is 16.9 Å². The summed E-state index contributed by atoms with van der Waals surface area (Å²) in [6, 6.07) is 20.2. The predicted molar refractivity (Wildman–Crippen MR) is 125 cm³/mol. The van der Waals surface area contributed by atoms with E-state index in [0.29, 0.717) is 5.92 Å². The van der Waals surface area contributed by atoms with Gasteiger partial charge >= 0.3 is 0 Å². The lowest BCUT2D eigenvalue weighted by molar-refractivity contribution is 0.278. The molecule has 1 saturated heterocycles. The third-order valence-electron chi connectivity index (χ3n) is 6.30. The minimum Gasteiger partial charge on any atom is -0.298 e. The summed E-state index contributed by atoms with van der Waals surface area (Å²) in [5, 5.41) is 4.94. The summed E-state index contributed by atoms with van der Waals surface area (Å²) in [5.74, 6) is 0.276. The molecule has 3 aromatic rings. The van der Waals surface area contributed by atoms with E-state index in [1.807, 2.05) is 4.68 Å². The fraction of sp³-hybridized carbons (Fsp3) is 0.400. The molecule has 0 atom stereocenters. The van der Waals surface area contributed by atoms with Crippen molar-refractivity contribution in [2.75, 3.05) is 13.1 Å². The van der Waals surface area contributed by atoms with E-state index in [0.717, 1.165) is 29.2 Å². The Morgan fingerprint density at radius 3 is 2.20 bits per heavy atom. The van der Waals surface area contributed by atoms with Gasteiger partial charge < -0.3 is 0 Å². The van der Waals surface area contributed by atoms with Crippen molar-refractivity contribution >= 4 is 8.07 Å². The van der Waals surface area contributed by atoms with E-state index in [9.17, 15) is 4.39 Å². The zero-order valence-electron chi connectivity index (χ0n) is 18.5. The van der Waals surface area contributed by atoms with Crippen LogP contribution in [0.25, 0.3) is 16.9 Å². The number of benzene rings is 2. The third-order valence-corrected chi connectivity index (χ3v) is 9.45. The van der Waals surface area contributed by atoms with Crippen LogP contribution in [0.15, 0.2) is 54.6 Å². The molecule has 0 unspecified atom stereocenters. The first-order valence-electron chi connectivity index (χ1n) is 11.0. The van der Waals surface area contributed by atoms with Gasteiger partial charge in [0.2, 0.25) is 0 Å². The maximum absolute atomic E-state index is 13.5. The molecule has 1 aromatic heterocycles. The number of nitrogens with zero attached hydrogens (tertiary/aromatic N) is 3.